The van der Waals surface area contributed by atoms with Gasteiger partial charge >= 0.3 is 0 Å². The van der Waals surface area contributed by atoms with Crippen LogP contribution in [0, 0.1) is 5.92 Å². The third-order valence-corrected chi connectivity index (χ3v) is 6.54. The van der Waals surface area contributed by atoms with Crippen LogP contribution < -0.4 is 14.8 Å². The van der Waals surface area contributed by atoms with Crippen molar-refractivity contribution in [2.75, 3.05) is 27.3 Å². The molecule has 1 aliphatic rings. The number of rotatable bonds is 6. The molecule has 1 aliphatic heterocycles. The maximum Gasteiger partial charge on any atom is 0.254 e. The number of amides is 2. The molecule has 0 aliphatic carbocycles. The Morgan fingerprint density at radius 3 is 2.42 bits per heavy atom. The molecule has 2 aromatic carbocycles. The van der Waals surface area contributed by atoms with Crippen LogP contribution in [0.5, 0.6) is 11.5 Å². The largest absolute Gasteiger partial charge is 0.497 e. The first-order valence-electron chi connectivity index (χ1n) is 10.2. The zero-order chi connectivity index (χ0) is 21.8. The molecule has 1 saturated heterocycles. The number of likely N-dealkylation sites (tertiary alicyclic amines) is 1. The Labute approximate surface area is 185 Å². The molecule has 0 radical (unpaired) electrons. The van der Waals surface area contributed by atoms with Crippen LogP contribution in [0.25, 0.3) is 10.2 Å². The average Bonchev–Trinajstić information content (AvgIpc) is 3.24. The fraction of sp³-hybridized carbons (Fsp3) is 0.348. The average molecular weight is 440 g/mol. The molecule has 1 fully saturated rings. The quantitative estimate of drug-likeness (QED) is 0.636. The monoisotopic (exact) mass is 439 g/mol. The van der Waals surface area contributed by atoms with Gasteiger partial charge in [-0.2, -0.15) is 0 Å². The van der Waals surface area contributed by atoms with E-state index in [4.69, 9.17) is 9.47 Å². The highest BCUT2D eigenvalue weighted by atomic mass is 32.1. The van der Waals surface area contributed by atoms with Gasteiger partial charge in [-0.1, -0.05) is 12.1 Å². The van der Waals surface area contributed by atoms with Crippen LogP contribution in [0.3, 0.4) is 0 Å². The molecule has 31 heavy (non-hydrogen) atoms. The Balaban J connectivity index is 1.31. The summed E-state index contributed by atoms with van der Waals surface area (Å²) in [6, 6.07) is 13.1. The SMILES string of the molecule is COc1cc(OC)cc(C(=O)N2CCC(C(=O)NCc3nc4ccccc4s3)CC2)c1. The van der Waals surface area contributed by atoms with Crippen LogP contribution in [0.4, 0.5) is 0 Å². The first-order valence-corrected chi connectivity index (χ1v) is 11.0. The molecule has 1 aromatic heterocycles. The lowest BCUT2D eigenvalue weighted by molar-refractivity contribution is -0.126. The summed E-state index contributed by atoms with van der Waals surface area (Å²) in [5.41, 5.74) is 1.48. The molecule has 3 aromatic rings. The highest BCUT2D eigenvalue weighted by Gasteiger charge is 2.28. The summed E-state index contributed by atoms with van der Waals surface area (Å²) in [5.74, 6) is 0.997. The Morgan fingerprint density at radius 2 is 1.77 bits per heavy atom. The van der Waals surface area contributed by atoms with E-state index in [2.05, 4.69) is 10.3 Å². The molecule has 1 N–H and O–H groups in total. The predicted octanol–water partition coefficient (Wildman–Crippen LogP) is 3.48. The second-order valence-corrected chi connectivity index (χ2v) is 8.58. The zero-order valence-electron chi connectivity index (χ0n) is 17.6. The molecular weight excluding hydrogens is 414 g/mol. The topological polar surface area (TPSA) is 80.8 Å². The number of carbonyl (C=O) groups excluding carboxylic acids is 2. The third-order valence-electron chi connectivity index (χ3n) is 5.50. The lowest BCUT2D eigenvalue weighted by Crippen LogP contribution is -2.42. The molecule has 0 unspecified atom stereocenters. The summed E-state index contributed by atoms with van der Waals surface area (Å²) in [6.07, 6.45) is 1.27. The number of ether oxygens (including phenoxy) is 2. The van der Waals surface area contributed by atoms with Gasteiger partial charge in [-0.25, -0.2) is 4.98 Å². The summed E-state index contributed by atoms with van der Waals surface area (Å²) < 4.78 is 11.6. The van der Waals surface area contributed by atoms with Crippen molar-refractivity contribution in [3.05, 3.63) is 53.0 Å². The molecule has 2 amide bonds. The summed E-state index contributed by atoms with van der Waals surface area (Å²) in [4.78, 5) is 31.9. The number of para-hydroxylation sites is 1. The van der Waals surface area contributed by atoms with Gasteiger partial charge in [0.2, 0.25) is 5.91 Å². The number of carbonyl (C=O) groups is 2. The minimum absolute atomic E-state index is 0.0226. The molecule has 162 valence electrons. The summed E-state index contributed by atoms with van der Waals surface area (Å²) in [7, 11) is 3.11. The van der Waals surface area contributed by atoms with Gasteiger partial charge in [-0.3, -0.25) is 9.59 Å². The van der Waals surface area contributed by atoms with Gasteiger partial charge in [-0.05, 0) is 37.1 Å². The minimum Gasteiger partial charge on any atom is -0.497 e. The Bertz CT molecular complexity index is 1030. The van der Waals surface area contributed by atoms with E-state index in [9.17, 15) is 9.59 Å². The second kappa shape index (κ2) is 9.34. The molecule has 0 bridgehead atoms. The highest BCUT2D eigenvalue weighted by Crippen LogP contribution is 2.26. The lowest BCUT2D eigenvalue weighted by Gasteiger charge is -2.31. The Hall–Kier alpha value is -3.13. The maximum absolute atomic E-state index is 12.9. The smallest absolute Gasteiger partial charge is 0.254 e. The molecule has 2 heterocycles. The maximum atomic E-state index is 12.9. The van der Waals surface area contributed by atoms with E-state index in [-0.39, 0.29) is 17.7 Å². The van der Waals surface area contributed by atoms with E-state index < -0.39 is 0 Å². The van der Waals surface area contributed by atoms with E-state index in [1.807, 2.05) is 24.3 Å². The minimum atomic E-state index is -0.0988. The fourth-order valence-electron chi connectivity index (χ4n) is 3.76. The van der Waals surface area contributed by atoms with Crippen LogP contribution >= 0.6 is 11.3 Å². The van der Waals surface area contributed by atoms with Crippen LogP contribution in [-0.4, -0.2) is 49.0 Å². The van der Waals surface area contributed by atoms with Crippen LogP contribution in [0.15, 0.2) is 42.5 Å². The first-order chi connectivity index (χ1) is 15.1. The highest BCUT2D eigenvalue weighted by molar-refractivity contribution is 7.18. The number of hydrogen-bond acceptors (Lipinski definition) is 6. The number of fused-ring (bicyclic) bond motifs is 1. The molecule has 7 nitrogen and oxygen atoms in total. The van der Waals surface area contributed by atoms with Crippen molar-refractivity contribution in [1.82, 2.24) is 15.2 Å². The normalized spacial score (nSPS) is 14.5. The molecule has 0 spiro atoms. The second-order valence-electron chi connectivity index (χ2n) is 7.46. The number of nitrogens with zero attached hydrogens (tertiary/aromatic N) is 2. The molecular formula is C23H25N3O4S. The van der Waals surface area contributed by atoms with Crippen molar-refractivity contribution in [2.45, 2.75) is 19.4 Å². The number of methoxy groups -OCH3 is 2. The van der Waals surface area contributed by atoms with E-state index >= 15 is 0 Å². The van der Waals surface area contributed by atoms with Crippen molar-refractivity contribution in [2.24, 2.45) is 5.92 Å². The van der Waals surface area contributed by atoms with E-state index in [1.54, 1.807) is 48.7 Å². The summed E-state index contributed by atoms with van der Waals surface area (Å²) in [6.45, 7) is 1.51. The van der Waals surface area contributed by atoms with E-state index in [0.717, 1.165) is 15.2 Å². The number of aromatic nitrogens is 1. The standard InChI is InChI=1S/C23H25N3O4S/c1-29-17-11-16(12-18(13-17)30-2)23(28)26-9-7-15(8-10-26)22(27)24-14-21-25-19-5-3-4-6-20(19)31-21/h3-6,11-13,15H,7-10,14H2,1-2H3,(H,24,27). The van der Waals surface area contributed by atoms with Crippen molar-refractivity contribution in [3.8, 4) is 11.5 Å². The van der Waals surface area contributed by atoms with Gasteiger partial charge in [0.05, 0.1) is 31.0 Å². The molecule has 0 atom stereocenters. The zero-order valence-corrected chi connectivity index (χ0v) is 18.4. The molecule has 0 saturated carbocycles. The van der Waals surface area contributed by atoms with Crippen molar-refractivity contribution in [3.63, 3.8) is 0 Å². The van der Waals surface area contributed by atoms with Crippen molar-refractivity contribution < 1.29 is 19.1 Å². The van der Waals surface area contributed by atoms with Gasteiger partial charge in [-0.15, -0.1) is 11.3 Å². The van der Waals surface area contributed by atoms with Gasteiger partial charge in [0.1, 0.15) is 16.5 Å². The number of thiazole rings is 1. The number of hydrogen-bond donors (Lipinski definition) is 1. The fourth-order valence-corrected chi connectivity index (χ4v) is 4.67. The van der Waals surface area contributed by atoms with Crippen molar-refractivity contribution >= 4 is 33.4 Å². The number of piperidine rings is 1. The Morgan fingerprint density at radius 1 is 1.10 bits per heavy atom. The Kier molecular flexibility index (Phi) is 6.36. The number of nitrogens with one attached hydrogen (secondary N) is 1. The van der Waals surface area contributed by atoms with Gasteiger partial charge in [0.25, 0.3) is 5.91 Å². The van der Waals surface area contributed by atoms with E-state index in [0.29, 0.717) is 49.5 Å². The van der Waals surface area contributed by atoms with Gasteiger partial charge in [0.15, 0.2) is 0 Å². The van der Waals surface area contributed by atoms with Gasteiger partial charge in [0, 0.05) is 30.6 Å². The predicted molar refractivity (Wildman–Crippen MR) is 120 cm³/mol. The van der Waals surface area contributed by atoms with Gasteiger partial charge < -0.3 is 19.7 Å². The summed E-state index contributed by atoms with van der Waals surface area (Å²) in [5, 5.41) is 3.91. The first kappa shape index (κ1) is 21.1. The molecule has 4 rings (SSSR count). The third kappa shape index (κ3) is 4.80. The van der Waals surface area contributed by atoms with Crippen LogP contribution in [0.2, 0.25) is 0 Å². The van der Waals surface area contributed by atoms with Crippen LogP contribution in [-0.2, 0) is 11.3 Å². The van der Waals surface area contributed by atoms with E-state index in [1.165, 1.54) is 0 Å². The molecule has 8 heteroatoms. The van der Waals surface area contributed by atoms with Crippen molar-refractivity contribution in [1.29, 1.82) is 0 Å². The summed E-state index contributed by atoms with van der Waals surface area (Å²) >= 11 is 1.59. The van der Waals surface area contributed by atoms with Crippen LogP contribution in [0.1, 0.15) is 28.2 Å². The number of benzene rings is 2. The lowest BCUT2D eigenvalue weighted by atomic mass is 9.95.